The quantitative estimate of drug-likeness (QED) is 0.650. The van der Waals surface area contributed by atoms with Crippen LogP contribution >= 0.6 is 12.2 Å². The summed E-state index contributed by atoms with van der Waals surface area (Å²) in [7, 11) is 0. The molecule has 1 aromatic rings. The molecule has 0 saturated heterocycles. The van der Waals surface area contributed by atoms with Crippen molar-refractivity contribution in [1.29, 1.82) is 0 Å². The van der Waals surface area contributed by atoms with Gasteiger partial charge in [-0.15, -0.1) is 0 Å². The zero-order valence-electron chi connectivity index (χ0n) is 12.4. The van der Waals surface area contributed by atoms with Gasteiger partial charge in [0.15, 0.2) is 5.11 Å². The van der Waals surface area contributed by atoms with E-state index >= 15 is 0 Å². The highest BCUT2D eigenvalue weighted by Crippen LogP contribution is 2.19. The molecule has 3 rings (SSSR count). The number of nitrogens with zero attached hydrogens (tertiary/aromatic N) is 1. The van der Waals surface area contributed by atoms with Crippen LogP contribution in [0.3, 0.4) is 0 Å². The molecule has 1 saturated carbocycles. The Balaban J connectivity index is 1.51. The second-order valence-corrected chi connectivity index (χ2v) is 6.45. The van der Waals surface area contributed by atoms with E-state index in [1.165, 1.54) is 48.9 Å². The van der Waals surface area contributed by atoms with E-state index in [9.17, 15) is 0 Å². The predicted octanol–water partition coefficient (Wildman–Crippen LogP) is 3.33. The van der Waals surface area contributed by atoms with Gasteiger partial charge in [-0.05, 0) is 49.0 Å². The lowest BCUT2D eigenvalue weighted by Crippen LogP contribution is -2.41. The van der Waals surface area contributed by atoms with E-state index in [1.807, 2.05) is 0 Å². The fraction of sp³-hybridized carbons (Fsp3) is 0.529. The Morgan fingerprint density at radius 3 is 2.62 bits per heavy atom. The van der Waals surface area contributed by atoms with Crippen LogP contribution in [0.15, 0.2) is 29.4 Å². The summed E-state index contributed by atoms with van der Waals surface area (Å²) in [6, 6.07) is 9.16. The first kappa shape index (κ1) is 14.5. The summed E-state index contributed by atoms with van der Waals surface area (Å²) in [6.45, 7) is 0. The number of rotatable bonds is 2. The van der Waals surface area contributed by atoms with Crippen LogP contribution in [0.2, 0.25) is 0 Å². The summed E-state index contributed by atoms with van der Waals surface area (Å²) in [5, 5.41) is 8.58. The first-order chi connectivity index (χ1) is 10.3. The van der Waals surface area contributed by atoms with Gasteiger partial charge in [0.25, 0.3) is 0 Å². The number of hydrogen-bond acceptors (Lipinski definition) is 2. The predicted molar refractivity (Wildman–Crippen MR) is 91.6 cm³/mol. The van der Waals surface area contributed by atoms with Gasteiger partial charge in [0, 0.05) is 18.2 Å². The van der Waals surface area contributed by atoms with Gasteiger partial charge < -0.3 is 5.32 Å². The standard InChI is InChI=1S/C17H23N3S/c21-17(18-15-8-2-1-3-9-15)20-19-16-11-10-13-6-4-5-7-14(13)12-16/h4-7,15H,1-3,8-12H2,(H2,18,20,21)/b19-16-. The van der Waals surface area contributed by atoms with Crippen LogP contribution in [0.25, 0.3) is 0 Å². The molecule has 2 aliphatic carbocycles. The molecular weight excluding hydrogens is 278 g/mol. The molecule has 0 amide bonds. The average Bonchev–Trinajstić information content (AvgIpc) is 2.54. The number of aryl methyl sites for hydroxylation is 1. The Labute approximate surface area is 132 Å². The Bertz CT molecular complexity index is 533. The Morgan fingerprint density at radius 2 is 1.81 bits per heavy atom. The van der Waals surface area contributed by atoms with E-state index in [1.54, 1.807) is 0 Å². The van der Waals surface area contributed by atoms with Crippen LogP contribution in [-0.4, -0.2) is 16.9 Å². The molecule has 2 aliphatic rings. The molecule has 0 spiro atoms. The maximum absolute atomic E-state index is 5.35. The number of fused-ring (bicyclic) bond motifs is 1. The molecule has 0 radical (unpaired) electrons. The smallest absolute Gasteiger partial charge is 0.187 e. The summed E-state index contributed by atoms with van der Waals surface area (Å²) in [4.78, 5) is 0. The van der Waals surface area contributed by atoms with Crippen molar-refractivity contribution in [2.75, 3.05) is 0 Å². The van der Waals surface area contributed by atoms with Crippen molar-refractivity contribution in [3.05, 3.63) is 35.4 Å². The number of nitrogens with one attached hydrogen (secondary N) is 2. The Morgan fingerprint density at radius 1 is 1.05 bits per heavy atom. The summed E-state index contributed by atoms with van der Waals surface area (Å²) in [6.07, 6.45) is 9.49. The molecule has 3 nitrogen and oxygen atoms in total. The lowest BCUT2D eigenvalue weighted by Gasteiger charge is -2.24. The molecule has 112 valence electrons. The fourth-order valence-electron chi connectivity index (χ4n) is 3.25. The maximum atomic E-state index is 5.35. The van der Waals surface area contributed by atoms with Gasteiger partial charge in [-0.2, -0.15) is 5.10 Å². The summed E-state index contributed by atoms with van der Waals surface area (Å²) < 4.78 is 0. The van der Waals surface area contributed by atoms with Crippen molar-refractivity contribution in [3.63, 3.8) is 0 Å². The number of hydrazone groups is 1. The fourth-order valence-corrected chi connectivity index (χ4v) is 3.46. The van der Waals surface area contributed by atoms with E-state index in [0.717, 1.165) is 19.3 Å². The summed E-state index contributed by atoms with van der Waals surface area (Å²) in [5.41, 5.74) is 7.09. The van der Waals surface area contributed by atoms with Gasteiger partial charge in [-0.3, -0.25) is 5.43 Å². The molecule has 0 heterocycles. The highest BCUT2D eigenvalue weighted by molar-refractivity contribution is 7.80. The number of thiocarbonyl (C=S) groups is 1. The van der Waals surface area contributed by atoms with Crippen LogP contribution in [0, 0.1) is 0 Å². The van der Waals surface area contributed by atoms with Crippen LogP contribution in [-0.2, 0) is 12.8 Å². The molecule has 21 heavy (non-hydrogen) atoms. The third-order valence-corrected chi connectivity index (χ3v) is 4.66. The van der Waals surface area contributed by atoms with E-state index in [0.29, 0.717) is 11.2 Å². The minimum atomic E-state index is 0.533. The molecule has 4 heteroatoms. The van der Waals surface area contributed by atoms with Crippen molar-refractivity contribution in [2.24, 2.45) is 5.10 Å². The zero-order chi connectivity index (χ0) is 14.5. The van der Waals surface area contributed by atoms with E-state index in [-0.39, 0.29) is 0 Å². The first-order valence-electron chi connectivity index (χ1n) is 8.00. The summed E-state index contributed by atoms with van der Waals surface area (Å²) >= 11 is 5.35. The third-order valence-electron chi connectivity index (χ3n) is 4.45. The van der Waals surface area contributed by atoms with Crippen molar-refractivity contribution in [1.82, 2.24) is 10.7 Å². The molecule has 0 aromatic heterocycles. The molecular formula is C17H23N3S. The molecule has 2 N–H and O–H groups in total. The first-order valence-corrected chi connectivity index (χ1v) is 8.41. The SMILES string of the molecule is S=C(N/N=C1/CCc2ccccc2C1)NC1CCCCC1. The Kier molecular flexibility index (Phi) is 4.86. The molecule has 0 unspecified atom stereocenters. The molecule has 0 atom stereocenters. The largest absolute Gasteiger partial charge is 0.359 e. The highest BCUT2D eigenvalue weighted by Gasteiger charge is 2.15. The van der Waals surface area contributed by atoms with Crippen LogP contribution in [0.5, 0.6) is 0 Å². The van der Waals surface area contributed by atoms with Gasteiger partial charge in [0.05, 0.1) is 0 Å². The third kappa shape index (κ3) is 4.03. The van der Waals surface area contributed by atoms with Gasteiger partial charge in [0.2, 0.25) is 0 Å². The minimum Gasteiger partial charge on any atom is -0.359 e. The van der Waals surface area contributed by atoms with Gasteiger partial charge in [0.1, 0.15) is 0 Å². The normalized spacial score (nSPS) is 20.9. The molecule has 0 aliphatic heterocycles. The van der Waals surface area contributed by atoms with Crippen molar-refractivity contribution < 1.29 is 0 Å². The lowest BCUT2D eigenvalue weighted by atomic mass is 9.90. The van der Waals surface area contributed by atoms with E-state index in [4.69, 9.17) is 12.2 Å². The van der Waals surface area contributed by atoms with Crippen molar-refractivity contribution in [3.8, 4) is 0 Å². The molecule has 0 bridgehead atoms. The lowest BCUT2D eigenvalue weighted by molar-refractivity contribution is 0.412. The van der Waals surface area contributed by atoms with E-state index in [2.05, 4.69) is 40.1 Å². The number of benzene rings is 1. The molecule has 1 aromatic carbocycles. The van der Waals surface area contributed by atoms with Crippen molar-refractivity contribution >= 4 is 23.0 Å². The van der Waals surface area contributed by atoms with Crippen LogP contribution in [0.4, 0.5) is 0 Å². The average molecular weight is 301 g/mol. The topological polar surface area (TPSA) is 36.4 Å². The van der Waals surface area contributed by atoms with E-state index < -0.39 is 0 Å². The van der Waals surface area contributed by atoms with Crippen LogP contribution in [0.1, 0.15) is 49.7 Å². The zero-order valence-corrected chi connectivity index (χ0v) is 13.2. The van der Waals surface area contributed by atoms with Gasteiger partial charge in [-0.25, -0.2) is 0 Å². The second kappa shape index (κ2) is 7.03. The monoisotopic (exact) mass is 301 g/mol. The maximum Gasteiger partial charge on any atom is 0.187 e. The highest BCUT2D eigenvalue weighted by atomic mass is 32.1. The van der Waals surface area contributed by atoms with Gasteiger partial charge in [-0.1, -0.05) is 43.5 Å². The second-order valence-electron chi connectivity index (χ2n) is 6.04. The number of hydrogen-bond donors (Lipinski definition) is 2. The van der Waals surface area contributed by atoms with Crippen molar-refractivity contribution in [2.45, 2.75) is 57.4 Å². The minimum absolute atomic E-state index is 0.533. The van der Waals surface area contributed by atoms with Crippen LogP contribution < -0.4 is 10.7 Å². The molecule has 1 fully saturated rings. The van der Waals surface area contributed by atoms with Gasteiger partial charge >= 0.3 is 0 Å². The Hall–Kier alpha value is -1.42. The summed E-state index contributed by atoms with van der Waals surface area (Å²) in [5.74, 6) is 0.